The van der Waals surface area contributed by atoms with E-state index in [1.54, 1.807) is 37.7 Å². The molecule has 0 saturated carbocycles. The molecule has 2 atom stereocenters. The van der Waals surface area contributed by atoms with E-state index < -0.39 is 6.10 Å². The van der Waals surface area contributed by atoms with Gasteiger partial charge in [0.1, 0.15) is 18.2 Å². The van der Waals surface area contributed by atoms with Crippen molar-refractivity contribution >= 4 is 17.2 Å². The van der Waals surface area contributed by atoms with Gasteiger partial charge in [0, 0.05) is 45.3 Å². The molecule has 3 rings (SSSR count). The highest BCUT2D eigenvalue weighted by atomic mass is 32.1. The minimum atomic E-state index is -0.673. The fraction of sp³-hybridized carbons (Fsp3) is 0.542. The van der Waals surface area contributed by atoms with Gasteiger partial charge in [-0.2, -0.15) is 0 Å². The van der Waals surface area contributed by atoms with Crippen LogP contribution in [0.5, 0.6) is 5.75 Å². The first kappa shape index (κ1) is 25.6. The van der Waals surface area contributed by atoms with E-state index in [-0.39, 0.29) is 37.5 Å². The molecule has 182 valence electrons. The van der Waals surface area contributed by atoms with Crippen molar-refractivity contribution in [1.82, 2.24) is 9.80 Å². The van der Waals surface area contributed by atoms with Gasteiger partial charge in [0.15, 0.2) is 0 Å². The molecule has 2 unspecified atom stereocenters. The van der Waals surface area contributed by atoms with Gasteiger partial charge in [0.2, 0.25) is 5.91 Å². The van der Waals surface area contributed by atoms with Crippen LogP contribution in [-0.4, -0.2) is 87.1 Å². The van der Waals surface area contributed by atoms with Gasteiger partial charge in [-0.1, -0.05) is 0 Å². The molecule has 0 spiro atoms. The van der Waals surface area contributed by atoms with E-state index in [4.69, 9.17) is 14.2 Å². The Hall–Kier alpha value is -2.04. The first-order valence-electron chi connectivity index (χ1n) is 11.1. The summed E-state index contributed by atoms with van der Waals surface area (Å²) >= 11 is 1.69. The number of aliphatic hydroxyl groups is 1. The summed E-state index contributed by atoms with van der Waals surface area (Å²) < 4.78 is 29.4. The molecule has 0 fully saturated rings. The fourth-order valence-corrected chi connectivity index (χ4v) is 5.00. The second kappa shape index (κ2) is 13.0. The maximum atomic E-state index is 13.4. The third-order valence-electron chi connectivity index (χ3n) is 5.65. The van der Waals surface area contributed by atoms with Crippen LogP contribution in [0.15, 0.2) is 35.7 Å². The summed E-state index contributed by atoms with van der Waals surface area (Å²) in [5.74, 6) is 0.234. The summed E-state index contributed by atoms with van der Waals surface area (Å²) in [4.78, 5) is 18.5. The van der Waals surface area contributed by atoms with E-state index in [9.17, 15) is 14.3 Å². The lowest BCUT2D eigenvalue weighted by Gasteiger charge is -2.37. The minimum absolute atomic E-state index is 0.0124. The van der Waals surface area contributed by atoms with Crippen LogP contribution in [0.2, 0.25) is 0 Å². The lowest BCUT2D eigenvalue weighted by molar-refractivity contribution is -0.136. The SMILES string of the molecule is COCCCN(CC(=O)N1CCc2sccc2C1COc1ccc(F)cc1)CC(O)COC. The molecule has 0 bridgehead atoms. The van der Waals surface area contributed by atoms with E-state index in [0.717, 1.165) is 18.4 Å². The van der Waals surface area contributed by atoms with Gasteiger partial charge < -0.3 is 24.2 Å². The Morgan fingerprint density at radius 1 is 1.27 bits per heavy atom. The molecule has 0 radical (unpaired) electrons. The molecule has 0 saturated heterocycles. The van der Waals surface area contributed by atoms with Crippen LogP contribution in [0.1, 0.15) is 22.9 Å². The van der Waals surface area contributed by atoms with Crippen molar-refractivity contribution in [2.75, 3.05) is 60.2 Å². The Morgan fingerprint density at radius 2 is 2.06 bits per heavy atom. The molecule has 1 aliphatic rings. The quantitative estimate of drug-likeness (QED) is 0.445. The number of aliphatic hydroxyl groups excluding tert-OH is 1. The topological polar surface area (TPSA) is 71.5 Å². The standard InChI is InChI=1S/C24H33FN2O5S/c1-30-12-3-10-26(14-19(28)16-31-2)15-24(29)27-11-8-23-21(9-13-33-23)22(27)17-32-20-6-4-18(25)5-7-20/h4-7,9,13,19,22,28H,3,8,10-12,14-17H2,1-2H3. The Labute approximate surface area is 198 Å². The molecular formula is C24H33FN2O5S. The molecule has 9 heteroatoms. The summed E-state index contributed by atoms with van der Waals surface area (Å²) in [6.45, 7) is 2.86. The first-order valence-corrected chi connectivity index (χ1v) is 12.0. The molecule has 0 aliphatic carbocycles. The van der Waals surface area contributed by atoms with Crippen LogP contribution in [0.3, 0.4) is 0 Å². The number of ether oxygens (including phenoxy) is 3. The lowest BCUT2D eigenvalue weighted by Crippen LogP contribution is -2.48. The Kier molecular flexibility index (Phi) is 10.1. The van der Waals surface area contributed by atoms with Crippen molar-refractivity contribution in [3.63, 3.8) is 0 Å². The molecule has 1 aromatic heterocycles. The summed E-state index contributed by atoms with van der Waals surface area (Å²) in [5, 5.41) is 12.3. The summed E-state index contributed by atoms with van der Waals surface area (Å²) in [6, 6.07) is 7.73. The normalized spacial score (nSPS) is 16.6. The van der Waals surface area contributed by atoms with Crippen LogP contribution in [0.25, 0.3) is 0 Å². The van der Waals surface area contributed by atoms with Crippen molar-refractivity contribution in [2.45, 2.75) is 25.0 Å². The van der Waals surface area contributed by atoms with Gasteiger partial charge in [-0.15, -0.1) is 11.3 Å². The monoisotopic (exact) mass is 480 g/mol. The maximum absolute atomic E-state index is 13.4. The zero-order chi connectivity index (χ0) is 23.6. The Bertz CT molecular complexity index is 863. The molecule has 1 aromatic carbocycles. The number of thiophene rings is 1. The molecule has 2 aromatic rings. The third kappa shape index (κ3) is 7.48. The maximum Gasteiger partial charge on any atom is 0.237 e. The van der Waals surface area contributed by atoms with Gasteiger partial charge in [-0.3, -0.25) is 9.69 Å². The third-order valence-corrected chi connectivity index (χ3v) is 6.64. The van der Waals surface area contributed by atoms with E-state index in [1.165, 1.54) is 17.0 Å². The van der Waals surface area contributed by atoms with E-state index in [2.05, 4.69) is 6.07 Å². The number of nitrogens with zero attached hydrogens (tertiary/aromatic N) is 2. The highest BCUT2D eigenvalue weighted by Gasteiger charge is 2.33. The summed E-state index contributed by atoms with van der Waals surface area (Å²) in [5.41, 5.74) is 1.10. The van der Waals surface area contributed by atoms with Crippen molar-refractivity contribution in [2.24, 2.45) is 0 Å². The predicted molar refractivity (Wildman–Crippen MR) is 125 cm³/mol. The number of hydrogen-bond donors (Lipinski definition) is 1. The van der Waals surface area contributed by atoms with Gasteiger partial charge in [0.25, 0.3) is 0 Å². The number of benzene rings is 1. The van der Waals surface area contributed by atoms with Crippen LogP contribution in [0, 0.1) is 5.82 Å². The van der Waals surface area contributed by atoms with Gasteiger partial charge >= 0.3 is 0 Å². The zero-order valence-electron chi connectivity index (χ0n) is 19.2. The number of amides is 1. The summed E-state index contributed by atoms with van der Waals surface area (Å²) in [6.07, 6.45) is 0.893. The van der Waals surface area contributed by atoms with Crippen LogP contribution in [0.4, 0.5) is 4.39 Å². The molecular weight excluding hydrogens is 447 g/mol. The van der Waals surface area contributed by atoms with E-state index >= 15 is 0 Å². The highest BCUT2D eigenvalue weighted by Crippen LogP contribution is 2.34. The largest absolute Gasteiger partial charge is 0.491 e. The molecule has 2 heterocycles. The average Bonchev–Trinajstić information content (AvgIpc) is 3.28. The smallest absolute Gasteiger partial charge is 0.237 e. The molecule has 1 N–H and O–H groups in total. The number of fused-ring (bicyclic) bond motifs is 1. The van der Waals surface area contributed by atoms with E-state index in [1.807, 2.05) is 15.2 Å². The highest BCUT2D eigenvalue weighted by molar-refractivity contribution is 7.10. The number of carbonyl (C=O) groups excluding carboxylic acids is 1. The number of carbonyl (C=O) groups is 1. The second-order valence-corrected chi connectivity index (χ2v) is 9.11. The lowest BCUT2D eigenvalue weighted by atomic mass is 10.0. The van der Waals surface area contributed by atoms with Gasteiger partial charge in [-0.25, -0.2) is 4.39 Å². The van der Waals surface area contributed by atoms with Crippen molar-refractivity contribution in [3.8, 4) is 5.75 Å². The van der Waals surface area contributed by atoms with Gasteiger partial charge in [0.05, 0.1) is 25.3 Å². The summed E-state index contributed by atoms with van der Waals surface area (Å²) in [7, 11) is 3.19. The molecule has 1 amide bonds. The van der Waals surface area contributed by atoms with Crippen LogP contribution < -0.4 is 4.74 Å². The zero-order valence-corrected chi connectivity index (χ0v) is 20.1. The Balaban J connectivity index is 1.69. The van der Waals surface area contributed by atoms with E-state index in [0.29, 0.717) is 32.0 Å². The molecule has 7 nitrogen and oxygen atoms in total. The number of halogens is 1. The second-order valence-electron chi connectivity index (χ2n) is 8.11. The Morgan fingerprint density at radius 3 is 2.79 bits per heavy atom. The molecule has 1 aliphatic heterocycles. The number of hydrogen-bond acceptors (Lipinski definition) is 7. The minimum Gasteiger partial charge on any atom is -0.491 e. The van der Waals surface area contributed by atoms with Crippen LogP contribution >= 0.6 is 11.3 Å². The van der Waals surface area contributed by atoms with Crippen LogP contribution in [-0.2, 0) is 20.7 Å². The number of methoxy groups -OCH3 is 2. The van der Waals surface area contributed by atoms with Crippen molar-refractivity contribution in [3.05, 3.63) is 52.0 Å². The predicted octanol–water partition coefficient (Wildman–Crippen LogP) is 2.74. The van der Waals surface area contributed by atoms with Crippen molar-refractivity contribution < 1.29 is 28.5 Å². The number of rotatable bonds is 13. The fourth-order valence-electron chi connectivity index (χ4n) is 4.07. The van der Waals surface area contributed by atoms with Gasteiger partial charge in [-0.05, 0) is 54.1 Å². The first-order chi connectivity index (χ1) is 16.0. The average molecular weight is 481 g/mol. The molecule has 33 heavy (non-hydrogen) atoms. The van der Waals surface area contributed by atoms with Crippen molar-refractivity contribution in [1.29, 1.82) is 0 Å².